The van der Waals surface area contributed by atoms with Gasteiger partial charge in [-0.25, -0.2) is 4.79 Å². The number of allylic oxidation sites excluding steroid dienone is 1. The monoisotopic (exact) mass is 609 g/mol. The van der Waals surface area contributed by atoms with Gasteiger partial charge in [0.15, 0.2) is 6.10 Å². The Labute approximate surface area is 261 Å². The second kappa shape index (κ2) is 16.9. The van der Waals surface area contributed by atoms with Gasteiger partial charge >= 0.3 is 6.09 Å². The summed E-state index contributed by atoms with van der Waals surface area (Å²) in [7, 11) is 0. The highest BCUT2D eigenvalue weighted by atomic mass is 16.6. The van der Waals surface area contributed by atoms with Crippen molar-refractivity contribution in [3.05, 3.63) is 132 Å². The van der Waals surface area contributed by atoms with Gasteiger partial charge in [-0.05, 0) is 73.0 Å². The van der Waals surface area contributed by atoms with Crippen LogP contribution in [0.25, 0.3) is 0 Å². The number of nitrogen functional groups attached to an aromatic ring is 1. The van der Waals surface area contributed by atoms with Crippen LogP contribution >= 0.6 is 0 Å². The number of benzene rings is 4. The topological polar surface area (TPSA) is 149 Å². The van der Waals surface area contributed by atoms with Gasteiger partial charge in [-0.15, -0.1) is 0 Å². The fourth-order valence-electron chi connectivity index (χ4n) is 4.36. The van der Waals surface area contributed by atoms with Crippen LogP contribution in [0.1, 0.15) is 34.9 Å². The van der Waals surface area contributed by atoms with Crippen LogP contribution in [-0.2, 0) is 9.53 Å². The number of nitrogens with one attached hydrogen (secondary N) is 2. The third kappa shape index (κ3) is 10.3. The van der Waals surface area contributed by atoms with E-state index >= 15 is 0 Å². The maximum absolute atomic E-state index is 13.1. The summed E-state index contributed by atoms with van der Waals surface area (Å²) in [6.45, 7) is -0.0137. The Morgan fingerprint density at radius 2 is 1.49 bits per heavy atom. The van der Waals surface area contributed by atoms with Crippen LogP contribution in [-0.4, -0.2) is 42.3 Å². The van der Waals surface area contributed by atoms with Gasteiger partial charge in [0.2, 0.25) is 5.91 Å². The quantitative estimate of drug-likeness (QED) is 0.106. The van der Waals surface area contributed by atoms with Gasteiger partial charge in [0.25, 0.3) is 5.91 Å². The lowest BCUT2D eigenvalue weighted by molar-refractivity contribution is -0.111. The summed E-state index contributed by atoms with van der Waals surface area (Å²) < 4.78 is 17.7. The van der Waals surface area contributed by atoms with Gasteiger partial charge in [0.05, 0.1) is 18.0 Å². The molecule has 5 N–H and O–H groups in total. The third-order valence-corrected chi connectivity index (χ3v) is 6.53. The van der Waals surface area contributed by atoms with Crippen molar-refractivity contribution < 1.29 is 33.7 Å². The summed E-state index contributed by atoms with van der Waals surface area (Å²) in [4.78, 5) is 38.2. The maximum atomic E-state index is 13.1. The molecule has 0 aromatic heterocycles. The molecule has 0 saturated carbocycles. The number of para-hydroxylation sites is 3. The minimum atomic E-state index is -0.966. The van der Waals surface area contributed by atoms with E-state index in [1.165, 1.54) is 6.08 Å². The zero-order valence-electron chi connectivity index (χ0n) is 24.5. The summed E-state index contributed by atoms with van der Waals surface area (Å²) in [6, 6.07) is 31.1. The SMILES string of the molecule is Nc1ccccc1NC(=O)/C=C/CC[C@H](Oc1ccccc1)[C@@H](OC(=O)NC(=O)c1ccccc1)c1ccc(OCCO)cc1. The first-order valence-corrected chi connectivity index (χ1v) is 14.4. The van der Waals surface area contributed by atoms with Crippen molar-refractivity contribution in [2.75, 3.05) is 24.3 Å². The molecule has 0 aliphatic heterocycles. The first-order chi connectivity index (χ1) is 21.9. The van der Waals surface area contributed by atoms with Crippen molar-refractivity contribution in [3.63, 3.8) is 0 Å². The number of carbonyl (C=O) groups excluding carboxylic acids is 3. The summed E-state index contributed by atoms with van der Waals surface area (Å²) in [6.07, 6.45) is 1.17. The molecule has 0 unspecified atom stereocenters. The van der Waals surface area contributed by atoms with Crippen LogP contribution in [0.2, 0.25) is 0 Å². The second-order valence-electron chi connectivity index (χ2n) is 9.81. The molecule has 232 valence electrons. The maximum Gasteiger partial charge on any atom is 0.414 e. The second-order valence-corrected chi connectivity index (χ2v) is 9.81. The molecule has 0 spiro atoms. The van der Waals surface area contributed by atoms with Crippen LogP contribution in [0.5, 0.6) is 11.5 Å². The van der Waals surface area contributed by atoms with Gasteiger partial charge in [0.1, 0.15) is 24.2 Å². The zero-order valence-corrected chi connectivity index (χ0v) is 24.5. The van der Waals surface area contributed by atoms with E-state index < -0.39 is 24.2 Å². The Kier molecular flexibility index (Phi) is 12.1. The number of hydrogen-bond donors (Lipinski definition) is 4. The summed E-state index contributed by atoms with van der Waals surface area (Å²) in [5.74, 6) is 0.101. The Morgan fingerprint density at radius 3 is 2.18 bits per heavy atom. The van der Waals surface area contributed by atoms with Crippen molar-refractivity contribution >= 4 is 29.3 Å². The molecule has 3 amide bonds. The normalized spacial score (nSPS) is 12.1. The summed E-state index contributed by atoms with van der Waals surface area (Å²) in [5, 5.41) is 14.1. The highest BCUT2D eigenvalue weighted by Crippen LogP contribution is 2.30. The van der Waals surface area contributed by atoms with Crippen LogP contribution in [0.15, 0.2) is 121 Å². The molecule has 2 atom stereocenters. The first kappa shape index (κ1) is 32.3. The van der Waals surface area contributed by atoms with E-state index in [9.17, 15) is 14.4 Å². The van der Waals surface area contributed by atoms with Crippen molar-refractivity contribution in [1.29, 1.82) is 0 Å². The molecule has 10 heteroatoms. The smallest absolute Gasteiger partial charge is 0.414 e. The molecule has 4 rings (SSSR count). The van der Waals surface area contributed by atoms with Crippen molar-refractivity contribution in [1.82, 2.24) is 5.32 Å². The molecule has 0 saturated heterocycles. The molecule has 4 aromatic rings. The third-order valence-electron chi connectivity index (χ3n) is 6.53. The number of anilines is 2. The predicted molar refractivity (Wildman–Crippen MR) is 171 cm³/mol. The van der Waals surface area contributed by atoms with E-state index in [2.05, 4.69) is 10.6 Å². The number of alkyl carbamates (subject to hydrolysis) is 1. The van der Waals surface area contributed by atoms with Crippen molar-refractivity contribution in [2.45, 2.75) is 25.0 Å². The molecule has 4 aromatic carbocycles. The molecule has 0 radical (unpaired) electrons. The number of rotatable bonds is 14. The van der Waals surface area contributed by atoms with Crippen molar-refractivity contribution in [2.24, 2.45) is 0 Å². The minimum Gasteiger partial charge on any atom is -0.491 e. The molecular formula is C35H35N3O7. The zero-order chi connectivity index (χ0) is 31.9. The number of aliphatic hydroxyl groups is 1. The van der Waals surface area contributed by atoms with Crippen LogP contribution in [0, 0.1) is 0 Å². The molecule has 10 nitrogen and oxygen atoms in total. The van der Waals surface area contributed by atoms with Gasteiger partial charge in [-0.1, -0.05) is 66.7 Å². The average molecular weight is 610 g/mol. The fourth-order valence-corrected chi connectivity index (χ4v) is 4.36. The fraction of sp³-hybridized carbons (Fsp3) is 0.171. The largest absolute Gasteiger partial charge is 0.491 e. The lowest BCUT2D eigenvalue weighted by Crippen LogP contribution is -2.36. The van der Waals surface area contributed by atoms with Crippen LogP contribution < -0.4 is 25.8 Å². The van der Waals surface area contributed by atoms with E-state index in [4.69, 9.17) is 25.1 Å². The Balaban J connectivity index is 1.54. The molecule has 45 heavy (non-hydrogen) atoms. The Morgan fingerprint density at radius 1 is 0.822 bits per heavy atom. The lowest BCUT2D eigenvalue weighted by Gasteiger charge is -2.28. The highest BCUT2D eigenvalue weighted by Gasteiger charge is 2.29. The number of amides is 3. The summed E-state index contributed by atoms with van der Waals surface area (Å²) in [5.41, 5.74) is 7.76. The Bertz CT molecular complexity index is 1560. The lowest BCUT2D eigenvalue weighted by atomic mass is 10.00. The van der Waals surface area contributed by atoms with E-state index in [0.717, 1.165) is 0 Å². The van der Waals surface area contributed by atoms with E-state index in [0.29, 0.717) is 46.8 Å². The number of aliphatic hydroxyl groups excluding tert-OH is 1. The average Bonchev–Trinajstić information content (AvgIpc) is 3.06. The minimum absolute atomic E-state index is 0.125. The van der Waals surface area contributed by atoms with Gasteiger partial charge < -0.3 is 30.4 Å². The number of nitrogens with two attached hydrogens (primary N) is 1. The van der Waals surface area contributed by atoms with E-state index in [1.807, 2.05) is 18.2 Å². The molecule has 0 heterocycles. The number of ether oxygens (including phenoxy) is 3. The van der Waals surface area contributed by atoms with E-state index in [-0.39, 0.29) is 19.1 Å². The summed E-state index contributed by atoms with van der Waals surface area (Å²) >= 11 is 0. The number of imide groups is 1. The van der Waals surface area contributed by atoms with Crippen LogP contribution in [0.4, 0.5) is 16.2 Å². The van der Waals surface area contributed by atoms with Gasteiger partial charge in [0, 0.05) is 5.56 Å². The Hall–Kier alpha value is -5.61. The van der Waals surface area contributed by atoms with Gasteiger partial charge in [-0.3, -0.25) is 14.9 Å². The molecule has 0 fully saturated rings. The molecule has 0 aliphatic rings. The number of hydrogen-bond acceptors (Lipinski definition) is 8. The van der Waals surface area contributed by atoms with Crippen molar-refractivity contribution in [3.8, 4) is 11.5 Å². The molecule has 0 aliphatic carbocycles. The van der Waals surface area contributed by atoms with Gasteiger partial charge in [-0.2, -0.15) is 0 Å². The van der Waals surface area contributed by atoms with E-state index in [1.54, 1.807) is 97.1 Å². The predicted octanol–water partition coefficient (Wildman–Crippen LogP) is 5.67. The first-order valence-electron chi connectivity index (χ1n) is 14.4. The van der Waals surface area contributed by atoms with Crippen LogP contribution in [0.3, 0.4) is 0 Å². The standard InChI is InChI=1S/C35H35N3O7/c36-29-15-7-8-16-30(29)37-32(40)18-10-9-17-31(44-28-13-5-2-6-14-28)33(25-19-21-27(22-20-25)43-24-23-39)45-35(42)38-34(41)26-11-3-1-4-12-26/h1-8,10-16,18-22,31,33,39H,9,17,23-24,36H2,(H,37,40)(H,38,41,42)/b18-10+/t31-,33-/m0/s1. The number of carbonyl (C=O) groups is 3. The molecular weight excluding hydrogens is 574 g/mol. The highest BCUT2D eigenvalue weighted by molar-refractivity contribution is 6.03. The molecule has 0 bridgehead atoms.